The molecular formula is C19H25F2NO3. The molecular weight excluding hydrogens is 328 g/mol. The van der Waals surface area contributed by atoms with Gasteiger partial charge in [-0.05, 0) is 31.7 Å². The molecule has 1 amide bonds. The minimum Gasteiger partial charge on any atom is -0.481 e. The minimum atomic E-state index is -0.862. The molecule has 1 saturated carbocycles. The molecule has 1 aliphatic rings. The third-order valence-corrected chi connectivity index (χ3v) is 4.94. The summed E-state index contributed by atoms with van der Waals surface area (Å²) < 4.78 is 27.2. The van der Waals surface area contributed by atoms with Gasteiger partial charge in [0, 0.05) is 24.6 Å². The van der Waals surface area contributed by atoms with E-state index in [0.29, 0.717) is 25.8 Å². The number of rotatable bonds is 10. The highest BCUT2D eigenvalue weighted by molar-refractivity contribution is 5.89. The van der Waals surface area contributed by atoms with Gasteiger partial charge in [-0.2, -0.15) is 0 Å². The Balaban J connectivity index is 1.76. The molecule has 2 rings (SSSR count). The second-order valence-electron chi connectivity index (χ2n) is 6.73. The van der Waals surface area contributed by atoms with Gasteiger partial charge < -0.3 is 10.4 Å². The molecule has 1 aromatic rings. The number of hydrogen-bond donors (Lipinski definition) is 2. The van der Waals surface area contributed by atoms with Gasteiger partial charge in [0.15, 0.2) is 0 Å². The Kier molecular flexibility index (Phi) is 6.91. The molecule has 6 heteroatoms. The van der Waals surface area contributed by atoms with Crippen LogP contribution in [0, 0.1) is 11.6 Å². The summed E-state index contributed by atoms with van der Waals surface area (Å²) in [6.45, 7) is 0.516. The van der Waals surface area contributed by atoms with Gasteiger partial charge in [-0.1, -0.05) is 31.7 Å². The van der Waals surface area contributed by atoms with E-state index in [1.54, 1.807) is 0 Å². The molecule has 0 aliphatic heterocycles. The number of carbonyl (C=O) groups is 2. The second kappa shape index (κ2) is 8.92. The fourth-order valence-corrected chi connectivity index (χ4v) is 3.33. The standard InChI is InChI=1S/C19H25F2NO3/c20-14-8-9-15(16(21)13-14)19(10-6-11-19)18(25)22-12-5-3-1-2-4-7-17(23)24/h8-9,13H,1-7,10-12H2,(H,22,25)(H,23,24). The number of benzene rings is 1. The van der Waals surface area contributed by atoms with Crippen molar-refractivity contribution in [1.29, 1.82) is 0 Å². The fraction of sp³-hybridized carbons (Fsp3) is 0.579. The molecule has 0 radical (unpaired) electrons. The maximum absolute atomic E-state index is 14.1. The van der Waals surface area contributed by atoms with Gasteiger partial charge in [0.05, 0.1) is 5.41 Å². The Bertz CT molecular complexity index is 615. The van der Waals surface area contributed by atoms with Crippen molar-refractivity contribution in [2.75, 3.05) is 6.54 Å². The number of carbonyl (C=O) groups excluding carboxylic acids is 1. The van der Waals surface area contributed by atoms with Crippen molar-refractivity contribution in [3.8, 4) is 0 Å². The Morgan fingerprint density at radius 2 is 1.76 bits per heavy atom. The third kappa shape index (κ3) is 5.00. The van der Waals surface area contributed by atoms with Crippen molar-refractivity contribution >= 4 is 11.9 Å². The van der Waals surface area contributed by atoms with E-state index < -0.39 is 23.0 Å². The maximum atomic E-state index is 14.1. The van der Waals surface area contributed by atoms with E-state index in [-0.39, 0.29) is 17.9 Å². The number of unbranched alkanes of at least 4 members (excludes halogenated alkanes) is 4. The van der Waals surface area contributed by atoms with Gasteiger partial charge in [0.2, 0.25) is 5.91 Å². The van der Waals surface area contributed by atoms with Crippen molar-refractivity contribution < 1.29 is 23.5 Å². The van der Waals surface area contributed by atoms with E-state index >= 15 is 0 Å². The number of nitrogens with one attached hydrogen (secondary N) is 1. The topological polar surface area (TPSA) is 66.4 Å². The summed E-state index contributed by atoms with van der Waals surface area (Å²) in [5.41, 5.74) is -0.578. The van der Waals surface area contributed by atoms with Gasteiger partial charge in [-0.15, -0.1) is 0 Å². The van der Waals surface area contributed by atoms with Gasteiger partial charge in [-0.3, -0.25) is 9.59 Å². The van der Waals surface area contributed by atoms with Crippen molar-refractivity contribution in [3.05, 3.63) is 35.4 Å². The van der Waals surface area contributed by atoms with Crippen LogP contribution in [-0.2, 0) is 15.0 Å². The third-order valence-electron chi connectivity index (χ3n) is 4.94. The molecule has 0 atom stereocenters. The van der Waals surface area contributed by atoms with Crippen LogP contribution in [0.1, 0.15) is 63.4 Å². The van der Waals surface area contributed by atoms with E-state index in [2.05, 4.69) is 5.32 Å². The molecule has 0 unspecified atom stereocenters. The lowest BCUT2D eigenvalue weighted by Gasteiger charge is -2.40. The average molecular weight is 353 g/mol. The van der Waals surface area contributed by atoms with Crippen molar-refractivity contribution in [2.24, 2.45) is 0 Å². The van der Waals surface area contributed by atoms with Gasteiger partial charge in [0.25, 0.3) is 0 Å². The van der Waals surface area contributed by atoms with Gasteiger partial charge in [-0.25, -0.2) is 8.78 Å². The first-order chi connectivity index (χ1) is 12.0. The predicted octanol–water partition coefficient (Wildman–Crippen LogP) is 3.93. The van der Waals surface area contributed by atoms with Crippen LogP contribution in [0.4, 0.5) is 8.78 Å². The zero-order valence-electron chi connectivity index (χ0n) is 14.3. The monoisotopic (exact) mass is 353 g/mol. The summed E-state index contributed by atoms with van der Waals surface area (Å²) in [6.07, 6.45) is 6.41. The number of aliphatic carboxylic acids is 1. The van der Waals surface area contributed by atoms with Crippen molar-refractivity contribution in [2.45, 2.75) is 63.2 Å². The molecule has 4 nitrogen and oxygen atoms in total. The number of hydrogen-bond acceptors (Lipinski definition) is 2. The van der Waals surface area contributed by atoms with Gasteiger partial charge >= 0.3 is 5.97 Å². The summed E-state index contributed by atoms with van der Waals surface area (Å²) >= 11 is 0. The molecule has 138 valence electrons. The lowest BCUT2D eigenvalue weighted by atomic mass is 9.63. The molecule has 0 spiro atoms. The summed E-state index contributed by atoms with van der Waals surface area (Å²) in [7, 11) is 0. The lowest BCUT2D eigenvalue weighted by molar-refractivity contribution is -0.137. The molecule has 0 bridgehead atoms. The van der Waals surface area contributed by atoms with E-state index in [1.165, 1.54) is 12.1 Å². The smallest absolute Gasteiger partial charge is 0.303 e. The highest BCUT2D eigenvalue weighted by Gasteiger charge is 2.47. The zero-order valence-corrected chi connectivity index (χ0v) is 14.3. The highest BCUT2D eigenvalue weighted by atomic mass is 19.1. The molecule has 2 N–H and O–H groups in total. The quantitative estimate of drug-likeness (QED) is 0.627. The molecule has 0 saturated heterocycles. The molecule has 25 heavy (non-hydrogen) atoms. The molecule has 0 aromatic heterocycles. The SMILES string of the molecule is O=C(O)CCCCCCCNC(=O)C1(c2ccc(F)cc2F)CCC1. The number of carboxylic acid groups (broad SMARTS) is 1. The number of carboxylic acids is 1. The van der Waals surface area contributed by atoms with Crippen LogP contribution in [0.15, 0.2) is 18.2 Å². The Labute approximate surface area is 146 Å². The first-order valence-corrected chi connectivity index (χ1v) is 8.91. The first kappa shape index (κ1) is 19.3. The van der Waals surface area contributed by atoms with Crippen LogP contribution < -0.4 is 5.32 Å². The average Bonchev–Trinajstić information content (AvgIpc) is 2.50. The van der Waals surface area contributed by atoms with Crippen LogP contribution in [0.3, 0.4) is 0 Å². The number of halogens is 2. The summed E-state index contributed by atoms with van der Waals surface area (Å²) in [6, 6.07) is 3.41. The highest BCUT2D eigenvalue weighted by Crippen LogP contribution is 2.45. The summed E-state index contributed by atoms with van der Waals surface area (Å²) in [5, 5.41) is 11.4. The zero-order chi connectivity index (χ0) is 18.3. The summed E-state index contributed by atoms with van der Waals surface area (Å²) in [4.78, 5) is 23.0. The van der Waals surface area contributed by atoms with Crippen LogP contribution >= 0.6 is 0 Å². The van der Waals surface area contributed by atoms with Crippen LogP contribution in [0.2, 0.25) is 0 Å². The van der Waals surface area contributed by atoms with Crippen molar-refractivity contribution in [3.63, 3.8) is 0 Å². The van der Waals surface area contributed by atoms with E-state index in [1.807, 2.05) is 0 Å². The normalized spacial score (nSPS) is 15.4. The van der Waals surface area contributed by atoms with E-state index in [4.69, 9.17) is 5.11 Å². The largest absolute Gasteiger partial charge is 0.481 e. The van der Waals surface area contributed by atoms with Crippen LogP contribution in [-0.4, -0.2) is 23.5 Å². The Morgan fingerprint density at radius 3 is 2.36 bits per heavy atom. The second-order valence-corrected chi connectivity index (χ2v) is 6.73. The predicted molar refractivity (Wildman–Crippen MR) is 90.2 cm³/mol. The lowest BCUT2D eigenvalue weighted by Crippen LogP contribution is -2.50. The number of amides is 1. The maximum Gasteiger partial charge on any atom is 0.303 e. The molecule has 1 fully saturated rings. The minimum absolute atomic E-state index is 0.185. The van der Waals surface area contributed by atoms with E-state index in [9.17, 15) is 18.4 Å². The molecule has 0 heterocycles. The fourth-order valence-electron chi connectivity index (χ4n) is 3.33. The first-order valence-electron chi connectivity index (χ1n) is 8.91. The molecule has 1 aromatic carbocycles. The van der Waals surface area contributed by atoms with Crippen LogP contribution in [0.5, 0.6) is 0 Å². The molecule has 1 aliphatic carbocycles. The Morgan fingerprint density at radius 1 is 1.08 bits per heavy atom. The van der Waals surface area contributed by atoms with Crippen molar-refractivity contribution in [1.82, 2.24) is 5.32 Å². The Hall–Kier alpha value is -1.98. The van der Waals surface area contributed by atoms with E-state index in [0.717, 1.165) is 38.2 Å². The van der Waals surface area contributed by atoms with Crippen LogP contribution in [0.25, 0.3) is 0 Å². The van der Waals surface area contributed by atoms with Gasteiger partial charge in [0.1, 0.15) is 11.6 Å². The summed E-state index contributed by atoms with van der Waals surface area (Å²) in [5.74, 6) is -2.26.